The summed E-state index contributed by atoms with van der Waals surface area (Å²) in [6.45, 7) is 7.36. The standard InChI is InChI=1S/C13H26N4O3S/c1-5-7-14-9-12-13(11(3)15-16-12)21(18,19)17-10(2)6-8-20-4/h10,14,17H,5-9H2,1-4H3,(H,15,16). The maximum absolute atomic E-state index is 12.5. The molecule has 0 saturated heterocycles. The molecule has 0 spiro atoms. The number of ether oxygens (including phenoxy) is 1. The summed E-state index contributed by atoms with van der Waals surface area (Å²) in [6.07, 6.45) is 1.60. The molecule has 0 fully saturated rings. The first kappa shape index (κ1) is 18.1. The van der Waals surface area contributed by atoms with Crippen LogP contribution in [0.1, 0.15) is 38.1 Å². The van der Waals surface area contributed by atoms with Crippen LogP contribution in [-0.4, -0.2) is 44.9 Å². The third kappa shape index (κ3) is 5.39. The predicted octanol–water partition coefficient (Wildman–Crippen LogP) is 0.921. The first-order valence-corrected chi connectivity index (χ1v) is 8.66. The van der Waals surface area contributed by atoms with Crippen molar-refractivity contribution in [1.82, 2.24) is 20.2 Å². The lowest BCUT2D eigenvalue weighted by Crippen LogP contribution is -2.34. The molecule has 1 rings (SSSR count). The fraction of sp³-hybridized carbons (Fsp3) is 0.769. The minimum Gasteiger partial charge on any atom is -0.385 e. The van der Waals surface area contributed by atoms with Crippen molar-refractivity contribution >= 4 is 10.0 Å². The average Bonchev–Trinajstić information content (AvgIpc) is 2.78. The summed E-state index contributed by atoms with van der Waals surface area (Å²) in [5, 5.41) is 10.0. The Hall–Kier alpha value is -0.960. The highest BCUT2D eigenvalue weighted by Crippen LogP contribution is 2.18. The minimum absolute atomic E-state index is 0.194. The van der Waals surface area contributed by atoms with Gasteiger partial charge < -0.3 is 10.1 Å². The number of rotatable bonds is 10. The molecular formula is C13H26N4O3S. The number of aromatic amines is 1. The van der Waals surface area contributed by atoms with Gasteiger partial charge in [0, 0.05) is 26.3 Å². The lowest BCUT2D eigenvalue weighted by Gasteiger charge is -2.14. The van der Waals surface area contributed by atoms with Crippen LogP contribution in [0, 0.1) is 6.92 Å². The molecule has 1 unspecified atom stereocenters. The molecule has 21 heavy (non-hydrogen) atoms. The zero-order valence-corrected chi connectivity index (χ0v) is 14.0. The van der Waals surface area contributed by atoms with Gasteiger partial charge >= 0.3 is 0 Å². The van der Waals surface area contributed by atoms with Gasteiger partial charge in [0.2, 0.25) is 10.0 Å². The summed E-state index contributed by atoms with van der Waals surface area (Å²) in [4.78, 5) is 0.246. The van der Waals surface area contributed by atoms with E-state index in [2.05, 4.69) is 27.2 Å². The molecule has 8 heteroatoms. The topological polar surface area (TPSA) is 96.1 Å². The molecule has 0 aromatic carbocycles. The zero-order chi connectivity index (χ0) is 15.9. The SMILES string of the molecule is CCCNCc1n[nH]c(C)c1S(=O)(=O)NC(C)CCOC. The lowest BCUT2D eigenvalue weighted by molar-refractivity contribution is 0.188. The van der Waals surface area contributed by atoms with Crippen molar-refractivity contribution in [2.75, 3.05) is 20.3 Å². The number of sulfonamides is 1. The van der Waals surface area contributed by atoms with Crippen LogP contribution in [0.15, 0.2) is 4.90 Å². The first-order valence-electron chi connectivity index (χ1n) is 7.18. The fourth-order valence-corrected chi connectivity index (χ4v) is 3.65. The van der Waals surface area contributed by atoms with Gasteiger partial charge in [0.05, 0.1) is 11.4 Å². The quantitative estimate of drug-likeness (QED) is 0.558. The van der Waals surface area contributed by atoms with E-state index in [0.717, 1.165) is 13.0 Å². The fourth-order valence-electron chi connectivity index (χ4n) is 2.01. The van der Waals surface area contributed by atoms with Crippen LogP contribution in [0.25, 0.3) is 0 Å². The molecule has 0 bridgehead atoms. The molecule has 0 amide bonds. The molecule has 0 saturated carbocycles. The molecule has 1 aromatic rings. The number of H-pyrrole nitrogens is 1. The highest BCUT2D eigenvalue weighted by molar-refractivity contribution is 7.89. The number of methoxy groups -OCH3 is 1. The molecule has 1 heterocycles. The molecular weight excluding hydrogens is 292 g/mol. The van der Waals surface area contributed by atoms with E-state index in [-0.39, 0.29) is 10.9 Å². The number of aromatic nitrogens is 2. The molecule has 3 N–H and O–H groups in total. The van der Waals surface area contributed by atoms with Crippen LogP contribution in [0.5, 0.6) is 0 Å². The van der Waals surface area contributed by atoms with E-state index in [1.807, 2.05) is 6.92 Å². The van der Waals surface area contributed by atoms with E-state index in [9.17, 15) is 8.42 Å². The molecule has 1 atom stereocenters. The van der Waals surface area contributed by atoms with Gasteiger partial charge in [-0.3, -0.25) is 5.10 Å². The van der Waals surface area contributed by atoms with E-state index in [4.69, 9.17) is 4.74 Å². The molecule has 7 nitrogen and oxygen atoms in total. The minimum atomic E-state index is -3.58. The molecule has 1 aromatic heterocycles. The summed E-state index contributed by atoms with van der Waals surface area (Å²) in [7, 11) is -1.99. The molecule has 0 radical (unpaired) electrons. The van der Waals surface area contributed by atoms with Gasteiger partial charge in [0.25, 0.3) is 0 Å². The summed E-state index contributed by atoms with van der Waals surface area (Å²) < 4.78 is 32.6. The number of hydrogen-bond donors (Lipinski definition) is 3. The monoisotopic (exact) mass is 318 g/mol. The number of nitrogens with one attached hydrogen (secondary N) is 3. The summed E-state index contributed by atoms with van der Waals surface area (Å²) in [6, 6.07) is -0.194. The Kier molecular flexibility index (Phi) is 7.30. The second kappa shape index (κ2) is 8.47. The van der Waals surface area contributed by atoms with Crippen molar-refractivity contribution in [1.29, 1.82) is 0 Å². The van der Waals surface area contributed by atoms with Gasteiger partial charge in [-0.25, -0.2) is 13.1 Å². The summed E-state index contributed by atoms with van der Waals surface area (Å²) in [5.41, 5.74) is 1.07. The van der Waals surface area contributed by atoms with E-state index < -0.39 is 10.0 Å². The maximum Gasteiger partial charge on any atom is 0.244 e. The Morgan fingerprint density at radius 2 is 2.14 bits per heavy atom. The lowest BCUT2D eigenvalue weighted by atomic mass is 10.3. The Balaban J connectivity index is 2.84. The number of nitrogens with zero attached hydrogens (tertiary/aromatic N) is 1. The van der Waals surface area contributed by atoms with Crippen LogP contribution in [-0.2, 0) is 21.3 Å². The smallest absolute Gasteiger partial charge is 0.244 e. The van der Waals surface area contributed by atoms with E-state index in [1.165, 1.54) is 0 Å². The molecule has 0 aliphatic carbocycles. The Bertz CT molecular complexity index is 528. The Labute approximate surface area is 126 Å². The van der Waals surface area contributed by atoms with E-state index in [1.54, 1.807) is 14.0 Å². The second-order valence-corrected chi connectivity index (χ2v) is 6.76. The van der Waals surface area contributed by atoms with E-state index in [0.29, 0.717) is 31.0 Å². The van der Waals surface area contributed by atoms with Crippen molar-refractivity contribution in [3.05, 3.63) is 11.4 Å². The second-order valence-electron chi connectivity index (χ2n) is 5.11. The summed E-state index contributed by atoms with van der Waals surface area (Å²) in [5.74, 6) is 0. The predicted molar refractivity (Wildman–Crippen MR) is 81.6 cm³/mol. The van der Waals surface area contributed by atoms with Crippen LogP contribution >= 0.6 is 0 Å². The normalized spacial score (nSPS) is 13.5. The van der Waals surface area contributed by atoms with Crippen LogP contribution in [0.4, 0.5) is 0 Å². The largest absolute Gasteiger partial charge is 0.385 e. The van der Waals surface area contributed by atoms with E-state index >= 15 is 0 Å². The van der Waals surface area contributed by atoms with Gasteiger partial charge in [0.15, 0.2) is 0 Å². The number of hydrogen-bond acceptors (Lipinski definition) is 5. The van der Waals surface area contributed by atoms with Crippen LogP contribution in [0.3, 0.4) is 0 Å². The van der Waals surface area contributed by atoms with Crippen molar-refractivity contribution in [3.63, 3.8) is 0 Å². The average molecular weight is 318 g/mol. The van der Waals surface area contributed by atoms with Gasteiger partial charge in [0.1, 0.15) is 4.90 Å². The zero-order valence-electron chi connectivity index (χ0n) is 13.2. The Morgan fingerprint density at radius 1 is 1.43 bits per heavy atom. The molecule has 122 valence electrons. The van der Waals surface area contributed by atoms with Gasteiger partial charge in [-0.2, -0.15) is 5.10 Å². The van der Waals surface area contributed by atoms with Gasteiger partial charge in [-0.05, 0) is 33.2 Å². The van der Waals surface area contributed by atoms with Crippen molar-refractivity contribution in [2.45, 2.75) is 51.1 Å². The maximum atomic E-state index is 12.5. The Morgan fingerprint density at radius 3 is 2.76 bits per heavy atom. The third-order valence-corrected chi connectivity index (χ3v) is 4.85. The van der Waals surface area contributed by atoms with Crippen molar-refractivity contribution in [3.8, 4) is 0 Å². The molecule has 0 aliphatic heterocycles. The highest BCUT2D eigenvalue weighted by atomic mass is 32.2. The third-order valence-electron chi connectivity index (χ3n) is 3.06. The first-order chi connectivity index (χ1) is 9.92. The van der Waals surface area contributed by atoms with Crippen LogP contribution < -0.4 is 10.0 Å². The number of aryl methyl sites for hydroxylation is 1. The molecule has 0 aliphatic rings. The van der Waals surface area contributed by atoms with Crippen molar-refractivity contribution in [2.24, 2.45) is 0 Å². The highest BCUT2D eigenvalue weighted by Gasteiger charge is 2.25. The van der Waals surface area contributed by atoms with Crippen molar-refractivity contribution < 1.29 is 13.2 Å². The van der Waals surface area contributed by atoms with Crippen LogP contribution in [0.2, 0.25) is 0 Å². The van der Waals surface area contributed by atoms with Gasteiger partial charge in [-0.15, -0.1) is 0 Å². The summed E-state index contributed by atoms with van der Waals surface area (Å²) >= 11 is 0. The van der Waals surface area contributed by atoms with Gasteiger partial charge in [-0.1, -0.05) is 6.92 Å².